The van der Waals surface area contributed by atoms with E-state index >= 15 is 0 Å². The Morgan fingerprint density at radius 2 is 1.69 bits per heavy atom. The van der Waals surface area contributed by atoms with Crippen molar-refractivity contribution < 1.29 is 50.2 Å². The molecule has 5 N–H and O–H groups in total. The summed E-state index contributed by atoms with van der Waals surface area (Å²) in [6, 6.07) is 0.496. The molecule has 0 radical (unpaired) electrons. The van der Waals surface area contributed by atoms with Crippen LogP contribution in [0.15, 0.2) is 27.5 Å². The summed E-state index contributed by atoms with van der Waals surface area (Å²) in [6.45, 7) is 1.16. The van der Waals surface area contributed by atoms with Crippen molar-refractivity contribution >= 4 is 39.2 Å². The Hall–Kier alpha value is -3.89. The fourth-order valence-electron chi connectivity index (χ4n) is 2.68. The summed E-state index contributed by atoms with van der Waals surface area (Å²) in [5.74, 6) is -2.87. The molecule has 194 valence electrons. The van der Waals surface area contributed by atoms with Crippen LogP contribution >= 0.6 is 15.9 Å². The lowest BCUT2D eigenvalue weighted by atomic mass is 10.1. The number of hydrogen-bond acceptors (Lipinski definition) is 9. The van der Waals surface area contributed by atoms with Gasteiger partial charge in [-0.1, -0.05) is 0 Å². The largest absolute Gasteiger partial charge is 0.476 e. The first kappa shape index (κ1) is 28.3. The molecule has 0 spiro atoms. The zero-order valence-corrected chi connectivity index (χ0v) is 19.5. The summed E-state index contributed by atoms with van der Waals surface area (Å²) < 4.78 is 85.1. The smallest absolute Gasteiger partial charge is 0.419 e. The number of hydrogen-bond donors (Lipinski definition) is 3. The highest BCUT2D eigenvalue weighted by Crippen LogP contribution is 2.39. The van der Waals surface area contributed by atoms with Crippen LogP contribution in [0.5, 0.6) is 0 Å². The summed E-state index contributed by atoms with van der Waals surface area (Å²) in [5.41, 5.74) is 5.53. The molecule has 0 saturated heterocycles. The number of carbonyl (C=O) groups is 2. The normalized spacial score (nSPS) is 11.5. The highest BCUT2D eigenvalue weighted by atomic mass is 79.9. The summed E-state index contributed by atoms with van der Waals surface area (Å²) in [7, 11) is 1.09. The molecule has 3 rings (SSSR count). The van der Waals surface area contributed by atoms with Crippen molar-refractivity contribution in [3.8, 4) is 11.6 Å². The lowest BCUT2D eigenvalue weighted by molar-refractivity contribution is -0.139. The lowest BCUT2D eigenvalue weighted by Crippen LogP contribution is -2.17. The Labute approximate surface area is 205 Å². The first-order chi connectivity index (χ1) is 16.5. The number of pyridine rings is 2. The molecular formula is C19H14BrF6N5O5. The van der Waals surface area contributed by atoms with Gasteiger partial charge in [-0.05, 0) is 34.5 Å². The molecule has 0 bridgehead atoms. The maximum Gasteiger partial charge on any atom is 0.419 e. The molecule has 0 amide bonds. The molecule has 0 fully saturated rings. The molecule has 0 atom stereocenters. The topological polar surface area (TPSA) is 167 Å². The number of nitrogens with two attached hydrogens (primary N) is 2. The van der Waals surface area contributed by atoms with Crippen molar-refractivity contribution in [3.05, 3.63) is 51.2 Å². The van der Waals surface area contributed by atoms with Crippen molar-refractivity contribution in [3.63, 3.8) is 0 Å². The number of carboxylic acids is 1. The van der Waals surface area contributed by atoms with Gasteiger partial charge in [-0.15, -0.1) is 0 Å². The van der Waals surface area contributed by atoms with Crippen molar-refractivity contribution in [1.29, 1.82) is 0 Å². The summed E-state index contributed by atoms with van der Waals surface area (Å²) in [5, 5.41) is 8.81. The number of carbonyl (C=O) groups excluding carboxylic acids is 1. The van der Waals surface area contributed by atoms with Gasteiger partial charge >= 0.3 is 24.3 Å². The number of halogens is 7. The second kappa shape index (κ2) is 10.4. The molecule has 0 aromatic carbocycles. The predicted molar refractivity (Wildman–Crippen MR) is 114 cm³/mol. The number of aromatic nitrogens is 3. The van der Waals surface area contributed by atoms with Gasteiger partial charge in [0.05, 0.1) is 35.8 Å². The van der Waals surface area contributed by atoms with E-state index in [2.05, 4.69) is 35.6 Å². The van der Waals surface area contributed by atoms with Crippen LogP contribution in [-0.2, 0) is 17.1 Å². The molecular weight excluding hydrogens is 572 g/mol. The van der Waals surface area contributed by atoms with Crippen molar-refractivity contribution in [2.24, 2.45) is 0 Å². The van der Waals surface area contributed by atoms with Crippen LogP contribution in [0.25, 0.3) is 11.6 Å². The van der Waals surface area contributed by atoms with Crippen LogP contribution in [0.3, 0.4) is 0 Å². The molecule has 0 saturated carbocycles. The van der Waals surface area contributed by atoms with Gasteiger partial charge in [0.2, 0.25) is 5.89 Å². The number of esters is 1. The Morgan fingerprint density at radius 1 is 1.08 bits per heavy atom. The van der Waals surface area contributed by atoms with Gasteiger partial charge in [0.1, 0.15) is 16.6 Å². The van der Waals surface area contributed by atoms with Crippen molar-refractivity contribution in [1.82, 2.24) is 15.0 Å². The highest BCUT2D eigenvalue weighted by Gasteiger charge is 2.38. The van der Waals surface area contributed by atoms with Gasteiger partial charge < -0.3 is 25.7 Å². The van der Waals surface area contributed by atoms with E-state index in [4.69, 9.17) is 21.0 Å². The van der Waals surface area contributed by atoms with Crippen LogP contribution in [0.2, 0.25) is 0 Å². The molecule has 0 unspecified atom stereocenters. The lowest BCUT2D eigenvalue weighted by Gasteiger charge is -2.15. The van der Waals surface area contributed by atoms with E-state index in [0.717, 1.165) is 26.5 Å². The number of aromatic carboxylic acids is 1. The van der Waals surface area contributed by atoms with Crippen LogP contribution in [0.1, 0.15) is 37.7 Å². The average molecular weight is 586 g/mol. The van der Waals surface area contributed by atoms with Crippen LogP contribution in [0.4, 0.5) is 37.7 Å². The predicted octanol–water partition coefficient (Wildman–Crippen LogP) is 4.58. The van der Waals surface area contributed by atoms with E-state index in [0.29, 0.717) is 6.07 Å². The summed E-state index contributed by atoms with van der Waals surface area (Å²) in [4.78, 5) is 32.4. The molecule has 0 aliphatic heterocycles. The Bertz CT molecular complexity index is 1300. The first-order valence-electron chi connectivity index (χ1n) is 9.12. The van der Waals surface area contributed by atoms with Crippen molar-refractivity contribution in [2.45, 2.75) is 19.3 Å². The third kappa shape index (κ3) is 6.02. The van der Waals surface area contributed by atoms with E-state index in [1.807, 2.05) is 0 Å². The van der Waals surface area contributed by atoms with Gasteiger partial charge in [0.25, 0.3) is 0 Å². The Balaban J connectivity index is 0.000000255. The van der Waals surface area contributed by atoms with Crippen LogP contribution < -0.4 is 11.5 Å². The second-order valence-electron chi connectivity index (χ2n) is 6.62. The number of nitrogen functional groups attached to an aromatic ring is 2. The fraction of sp³-hybridized carbons (Fsp3) is 0.211. The minimum Gasteiger partial charge on any atom is -0.476 e. The van der Waals surface area contributed by atoms with E-state index < -0.39 is 63.0 Å². The maximum absolute atomic E-state index is 12.8. The Kier molecular flexibility index (Phi) is 8.18. The van der Waals surface area contributed by atoms with E-state index in [9.17, 15) is 35.9 Å². The molecule has 17 heteroatoms. The molecule has 36 heavy (non-hydrogen) atoms. The van der Waals surface area contributed by atoms with Crippen LogP contribution in [0, 0.1) is 6.92 Å². The number of ether oxygens (including phenoxy) is 1. The number of alkyl halides is 6. The first-order valence-corrected chi connectivity index (χ1v) is 9.91. The molecule has 3 aromatic heterocycles. The van der Waals surface area contributed by atoms with Crippen molar-refractivity contribution in [2.75, 3.05) is 18.6 Å². The third-order valence-electron chi connectivity index (χ3n) is 4.31. The quantitative estimate of drug-likeness (QED) is 0.225. The number of anilines is 2. The van der Waals surface area contributed by atoms with Gasteiger partial charge in [0, 0.05) is 0 Å². The van der Waals surface area contributed by atoms with E-state index in [1.165, 1.54) is 0 Å². The van der Waals surface area contributed by atoms with E-state index in [1.54, 1.807) is 0 Å². The molecule has 3 heterocycles. The minimum absolute atomic E-state index is 0.264. The third-order valence-corrected chi connectivity index (χ3v) is 4.88. The number of nitrogens with zero attached hydrogens (tertiary/aromatic N) is 3. The highest BCUT2D eigenvalue weighted by molar-refractivity contribution is 9.10. The number of carboxylic acid groups (broad SMARTS) is 1. The van der Waals surface area contributed by atoms with Gasteiger partial charge in [-0.2, -0.15) is 26.3 Å². The fourth-order valence-corrected chi connectivity index (χ4v) is 3.38. The zero-order chi connectivity index (χ0) is 27.6. The van der Waals surface area contributed by atoms with Gasteiger partial charge in [-0.25, -0.2) is 24.5 Å². The van der Waals surface area contributed by atoms with E-state index in [-0.39, 0.29) is 16.9 Å². The standard InChI is InChI=1S/C10H6F3N3O3.C9H8BrF3N2O2/c11-10(12,13)4-3-5(14)7(9(17)18)16-6(4)8-15-1-2-19-8;1-3-4(9(11,12)13)7(10)15-6(5(3)14)8(16)17-2/h1-3H,14H2,(H,17,18);14H2,1-2H3. The Morgan fingerprint density at radius 3 is 2.14 bits per heavy atom. The molecule has 3 aromatic rings. The minimum atomic E-state index is -4.76. The zero-order valence-electron chi connectivity index (χ0n) is 18.0. The molecule has 0 aliphatic carbocycles. The molecule has 10 nitrogen and oxygen atoms in total. The molecule has 0 aliphatic rings. The maximum atomic E-state index is 12.8. The van der Waals surface area contributed by atoms with Gasteiger partial charge in [-0.3, -0.25) is 0 Å². The van der Waals surface area contributed by atoms with Crippen LogP contribution in [-0.4, -0.2) is 39.1 Å². The number of methoxy groups -OCH3 is 1. The number of oxazole rings is 1. The summed E-state index contributed by atoms with van der Waals surface area (Å²) >= 11 is 2.67. The second-order valence-corrected chi connectivity index (χ2v) is 7.37. The SMILES string of the molecule is COC(=O)c1nc(Br)c(C(F)(F)F)c(C)c1N.Nc1cc(C(F)(F)F)c(-c2ncco2)nc1C(=O)O. The monoisotopic (exact) mass is 585 g/mol. The van der Waals surface area contributed by atoms with Gasteiger partial charge in [0.15, 0.2) is 11.4 Å². The number of rotatable bonds is 3. The summed E-state index contributed by atoms with van der Waals surface area (Å²) in [6.07, 6.45) is -7.19. The average Bonchev–Trinajstić information content (AvgIpc) is 3.29.